The number of nitrogens with zero attached hydrogens (tertiary/aromatic N) is 3. The van der Waals surface area contributed by atoms with E-state index in [1.54, 1.807) is 11.3 Å². The number of fused-ring (bicyclic) bond motifs is 2. The van der Waals surface area contributed by atoms with Gasteiger partial charge in [0.25, 0.3) is 0 Å². The predicted octanol–water partition coefficient (Wildman–Crippen LogP) is 6.94. The highest BCUT2D eigenvalue weighted by Gasteiger charge is 2.34. The number of esters is 1. The number of benzene rings is 2. The molecule has 0 fully saturated rings. The van der Waals surface area contributed by atoms with E-state index in [1.165, 1.54) is 5.69 Å². The number of thiazole rings is 1. The zero-order valence-electron chi connectivity index (χ0n) is 22.6. The van der Waals surface area contributed by atoms with E-state index in [0.29, 0.717) is 11.6 Å². The van der Waals surface area contributed by atoms with E-state index in [2.05, 4.69) is 20.9 Å². The first-order chi connectivity index (χ1) is 18.0. The molecule has 38 heavy (non-hydrogen) atoms. The Bertz CT molecular complexity index is 1490. The van der Waals surface area contributed by atoms with Gasteiger partial charge >= 0.3 is 5.97 Å². The highest BCUT2D eigenvalue weighted by Crippen LogP contribution is 2.45. The van der Waals surface area contributed by atoms with Gasteiger partial charge in [0, 0.05) is 34.8 Å². The number of carbonyl (C=O) groups excluding carboxylic acids is 1. The summed E-state index contributed by atoms with van der Waals surface area (Å²) < 4.78 is 12.9. The Morgan fingerprint density at radius 3 is 2.63 bits per heavy atom. The SMILES string of the molecule is CCOC(=O)[C@@H](OC(C)(C)C)c1c(C)cc2nc(N3CCc4[nH]c(C)nc4C3)sc2c1-c1ccc(Cl)cc1. The van der Waals surface area contributed by atoms with E-state index in [-0.39, 0.29) is 6.61 Å². The number of anilines is 1. The predicted molar refractivity (Wildman–Crippen MR) is 153 cm³/mol. The maximum Gasteiger partial charge on any atom is 0.339 e. The summed E-state index contributed by atoms with van der Waals surface area (Å²) in [5, 5.41) is 1.58. The van der Waals surface area contributed by atoms with Crippen molar-refractivity contribution in [2.45, 2.75) is 66.2 Å². The summed E-state index contributed by atoms with van der Waals surface area (Å²) in [6.45, 7) is 13.5. The minimum Gasteiger partial charge on any atom is -0.464 e. The van der Waals surface area contributed by atoms with Gasteiger partial charge in [-0.1, -0.05) is 35.1 Å². The Hall–Kier alpha value is -2.94. The molecule has 200 valence electrons. The Morgan fingerprint density at radius 2 is 1.95 bits per heavy atom. The van der Waals surface area contributed by atoms with Gasteiger partial charge in [-0.3, -0.25) is 0 Å². The van der Waals surface area contributed by atoms with E-state index < -0.39 is 17.7 Å². The first-order valence-corrected chi connectivity index (χ1v) is 14.1. The van der Waals surface area contributed by atoms with Gasteiger partial charge in [-0.25, -0.2) is 14.8 Å². The van der Waals surface area contributed by atoms with Crippen molar-refractivity contribution in [2.75, 3.05) is 18.1 Å². The lowest BCUT2D eigenvalue weighted by Gasteiger charge is -2.29. The number of carbonyl (C=O) groups is 1. The van der Waals surface area contributed by atoms with Gasteiger partial charge in [0.2, 0.25) is 0 Å². The molecule has 0 amide bonds. The first kappa shape index (κ1) is 26.7. The van der Waals surface area contributed by atoms with Crippen LogP contribution in [0.5, 0.6) is 0 Å². The van der Waals surface area contributed by atoms with Crippen molar-refractivity contribution >= 4 is 44.3 Å². The lowest BCUT2D eigenvalue weighted by Crippen LogP contribution is -2.30. The Kier molecular flexibility index (Phi) is 7.24. The zero-order valence-corrected chi connectivity index (χ0v) is 24.2. The van der Waals surface area contributed by atoms with Crippen LogP contribution >= 0.6 is 22.9 Å². The number of ether oxygens (including phenoxy) is 2. The molecule has 1 N–H and O–H groups in total. The van der Waals surface area contributed by atoms with Crippen molar-refractivity contribution in [2.24, 2.45) is 0 Å². The molecule has 0 unspecified atom stereocenters. The second kappa shape index (κ2) is 10.3. The van der Waals surface area contributed by atoms with Crippen LogP contribution in [-0.4, -0.2) is 39.7 Å². The molecule has 0 spiro atoms. The van der Waals surface area contributed by atoms with Crippen LogP contribution in [0.3, 0.4) is 0 Å². The largest absolute Gasteiger partial charge is 0.464 e. The number of aryl methyl sites for hydroxylation is 2. The third-order valence-corrected chi connectivity index (χ3v) is 7.91. The third kappa shape index (κ3) is 5.30. The molecule has 1 atom stereocenters. The molecule has 2 aromatic carbocycles. The number of nitrogens with one attached hydrogen (secondary N) is 1. The molecule has 0 radical (unpaired) electrons. The summed E-state index contributed by atoms with van der Waals surface area (Å²) in [6, 6.07) is 9.76. The van der Waals surface area contributed by atoms with Crippen molar-refractivity contribution in [1.82, 2.24) is 15.0 Å². The van der Waals surface area contributed by atoms with E-state index in [9.17, 15) is 4.79 Å². The van der Waals surface area contributed by atoms with Crippen LogP contribution in [-0.2, 0) is 27.2 Å². The maximum absolute atomic E-state index is 13.3. The summed E-state index contributed by atoms with van der Waals surface area (Å²) in [5.41, 5.74) is 6.19. The molecule has 1 aliphatic heterocycles. The lowest BCUT2D eigenvalue weighted by molar-refractivity contribution is -0.166. The molecule has 9 heteroatoms. The van der Waals surface area contributed by atoms with Crippen LogP contribution in [0, 0.1) is 13.8 Å². The third-order valence-electron chi connectivity index (χ3n) is 6.51. The number of hydrogen-bond acceptors (Lipinski definition) is 7. The summed E-state index contributed by atoms with van der Waals surface area (Å²) >= 11 is 7.89. The normalized spacial score (nSPS) is 14.6. The van der Waals surface area contributed by atoms with Crippen molar-refractivity contribution in [1.29, 1.82) is 0 Å². The van der Waals surface area contributed by atoms with E-state index >= 15 is 0 Å². The maximum atomic E-state index is 13.3. The standard InChI is InChI=1S/C29H33ClN4O3S/c1-7-36-27(35)25(37-29(4,5)6)23-16(2)14-21-26(24(23)18-8-10-19(30)11-9-18)38-28(33-21)34-13-12-20-22(15-34)32-17(3)31-20/h8-11,14,25H,7,12-13,15H2,1-6H3,(H,31,32)/t25-/m0/s1. The lowest BCUT2D eigenvalue weighted by atomic mass is 9.91. The van der Waals surface area contributed by atoms with Gasteiger partial charge in [0.1, 0.15) is 5.82 Å². The van der Waals surface area contributed by atoms with Crippen molar-refractivity contribution in [3.63, 3.8) is 0 Å². The number of H-pyrrole nitrogens is 1. The monoisotopic (exact) mass is 552 g/mol. The highest BCUT2D eigenvalue weighted by molar-refractivity contribution is 7.22. The van der Waals surface area contributed by atoms with Gasteiger partial charge in [-0.05, 0) is 70.9 Å². The number of aromatic amines is 1. The van der Waals surface area contributed by atoms with Gasteiger partial charge < -0.3 is 19.4 Å². The number of hydrogen-bond donors (Lipinski definition) is 1. The second-order valence-electron chi connectivity index (χ2n) is 10.6. The highest BCUT2D eigenvalue weighted by atomic mass is 35.5. The fraction of sp³-hybridized carbons (Fsp3) is 0.414. The van der Waals surface area contributed by atoms with Crippen molar-refractivity contribution < 1.29 is 14.3 Å². The molecule has 5 rings (SSSR count). The average molecular weight is 553 g/mol. The number of rotatable bonds is 6. The molecule has 7 nitrogen and oxygen atoms in total. The fourth-order valence-electron chi connectivity index (χ4n) is 4.97. The molecule has 0 saturated heterocycles. The summed E-state index contributed by atoms with van der Waals surface area (Å²) in [5.74, 6) is 0.539. The Labute approximate surface area is 232 Å². The van der Waals surface area contributed by atoms with E-state index in [1.807, 2.05) is 65.8 Å². The van der Waals surface area contributed by atoms with E-state index in [4.69, 9.17) is 26.1 Å². The Morgan fingerprint density at radius 1 is 1.21 bits per heavy atom. The number of halogens is 1. The van der Waals surface area contributed by atoms with Gasteiger partial charge in [-0.15, -0.1) is 0 Å². The number of aromatic nitrogens is 3. The molecule has 0 bridgehead atoms. The first-order valence-electron chi connectivity index (χ1n) is 12.9. The molecule has 1 aliphatic rings. The zero-order chi connectivity index (χ0) is 27.2. The van der Waals surface area contributed by atoms with Crippen LogP contribution in [0.2, 0.25) is 5.02 Å². The summed E-state index contributed by atoms with van der Waals surface area (Å²) in [6.07, 6.45) is 0.00488. The molecule has 2 aromatic heterocycles. The summed E-state index contributed by atoms with van der Waals surface area (Å²) in [7, 11) is 0. The van der Waals surface area contributed by atoms with Crippen LogP contribution in [0.4, 0.5) is 5.13 Å². The fourth-order valence-corrected chi connectivity index (χ4v) is 6.24. The minimum atomic E-state index is -0.889. The molecule has 0 saturated carbocycles. The van der Waals surface area contributed by atoms with Crippen LogP contribution in [0.25, 0.3) is 21.3 Å². The topological polar surface area (TPSA) is 80.3 Å². The molecular weight excluding hydrogens is 520 g/mol. The van der Waals surface area contributed by atoms with Gasteiger partial charge in [0.05, 0.1) is 34.7 Å². The quantitative estimate of drug-likeness (QED) is 0.261. The van der Waals surface area contributed by atoms with E-state index in [0.717, 1.165) is 62.1 Å². The van der Waals surface area contributed by atoms with Gasteiger partial charge in [0.15, 0.2) is 11.2 Å². The second-order valence-corrected chi connectivity index (χ2v) is 12.0. The average Bonchev–Trinajstić information content (AvgIpc) is 3.43. The minimum absolute atomic E-state index is 0.273. The smallest absolute Gasteiger partial charge is 0.339 e. The van der Waals surface area contributed by atoms with Crippen LogP contribution < -0.4 is 4.90 Å². The molecule has 0 aliphatic carbocycles. The van der Waals surface area contributed by atoms with Crippen molar-refractivity contribution in [3.05, 3.63) is 63.7 Å². The van der Waals surface area contributed by atoms with Crippen molar-refractivity contribution in [3.8, 4) is 11.1 Å². The molecule has 4 aromatic rings. The van der Waals surface area contributed by atoms with Crippen LogP contribution in [0.15, 0.2) is 30.3 Å². The molecule has 3 heterocycles. The number of imidazole rings is 1. The van der Waals surface area contributed by atoms with Gasteiger partial charge in [-0.2, -0.15) is 0 Å². The summed E-state index contributed by atoms with van der Waals surface area (Å²) in [4.78, 5) is 28.7. The Balaban J connectivity index is 1.69. The van der Waals surface area contributed by atoms with Crippen LogP contribution in [0.1, 0.15) is 62.1 Å². The molecular formula is C29H33ClN4O3S.